The number of guanidine groups is 1. The number of carbonyl (C=O) groups is 2. The number of carbonyl (C=O) groups excluding carboxylic acids is 2. The van der Waals surface area contributed by atoms with Gasteiger partial charge in [-0.15, -0.1) is 0 Å². The maximum atomic E-state index is 13.7. The van der Waals surface area contributed by atoms with Gasteiger partial charge in [0.15, 0.2) is 11.5 Å². The predicted molar refractivity (Wildman–Crippen MR) is 116 cm³/mol. The van der Waals surface area contributed by atoms with Gasteiger partial charge in [0.1, 0.15) is 0 Å². The average molecular weight is 398 g/mol. The first-order valence-corrected chi connectivity index (χ1v) is 9.67. The monoisotopic (exact) mass is 398 g/mol. The van der Waals surface area contributed by atoms with E-state index in [9.17, 15) is 9.59 Å². The highest BCUT2D eigenvalue weighted by atomic mass is 16.2. The molecule has 1 aliphatic heterocycles. The lowest BCUT2D eigenvalue weighted by atomic mass is 9.82. The Morgan fingerprint density at radius 1 is 0.933 bits per heavy atom. The first kappa shape index (κ1) is 19.4. The predicted octanol–water partition coefficient (Wildman–Crippen LogP) is 3.46. The molecule has 0 aliphatic carbocycles. The number of amides is 2. The Balaban J connectivity index is 1.68. The van der Waals surface area contributed by atoms with E-state index in [0.29, 0.717) is 5.69 Å². The van der Waals surface area contributed by atoms with E-state index in [1.807, 2.05) is 72.8 Å². The van der Waals surface area contributed by atoms with E-state index in [1.165, 1.54) is 11.8 Å². The molecule has 0 spiro atoms. The van der Waals surface area contributed by atoms with Gasteiger partial charge in [0.05, 0.1) is 6.54 Å². The zero-order chi connectivity index (χ0) is 21.1. The molecule has 0 radical (unpaired) electrons. The second-order valence-corrected chi connectivity index (χ2v) is 7.23. The molecule has 150 valence electrons. The third kappa shape index (κ3) is 3.43. The van der Waals surface area contributed by atoms with Crippen molar-refractivity contribution in [2.45, 2.75) is 19.0 Å². The third-order valence-corrected chi connectivity index (χ3v) is 5.17. The maximum Gasteiger partial charge on any atom is 0.264 e. The SMILES string of the molecule is CC(=O)Nc1ccc(CN2C(=N)NC(c3ccccc3)(c3ccccc3)C2=O)cc1. The van der Waals surface area contributed by atoms with Crippen LogP contribution in [0.2, 0.25) is 0 Å². The minimum Gasteiger partial charge on any atom is -0.334 e. The highest BCUT2D eigenvalue weighted by molar-refractivity contribution is 6.10. The molecule has 0 atom stereocenters. The van der Waals surface area contributed by atoms with Crippen molar-refractivity contribution in [3.05, 3.63) is 102 Å². The van der Waals surface area contributed by atoms with Crippen LogP contribution >= 0.6 is 0 Å². The summed E-state index contributed by atoms with van der Waals surface area (Å²) in [5, 5.41) is 14.4. The molecule has 4 rings (SSSR count). The van der Waals surface area contributed by atoms with Crippen LogP contribution in [0.1, 0.15) is 23.6 Å². The summed E-state index contributed by atoms with van der Waals surface area (Å²) in [5.41, 5.74) is 1.98. The van der Waals surface area contributed by atoms with Crippen molar-refractivity contribution in [3.63, 3.8) is 0 Å². The normalized spacial score (nSPS) is 15.0. The number of rotatable bonds is 5. The number of nitrogens with zero attached hydrogens (tertiary/aromatic N) is 1. The quantitative estimate of drug-likeness (QED) is 0.615. The molecular weight excluding hydrogens is 376 g/mol. The molecule has 0 unspecified atom stereocenters. The third-order valence-electron chi connectivity index (χ3n) is 5.17. The molecule has 3 aromatic carbocycles. The Morgan fingerprint density at radius 3 is 1.97 bits per heavy atom. The van der Waals surface area contributed by atoms with Gasteiger partial charge in [-0.3, -0.25) is 19.9 Å². The molecule has 3 aromatic rings. The topological polar surface area (TPSA) is 85.3 Å². The van der Waals surface area contributed by atoms with Gasteiger partial charge in [0.25, 0.3) is 5.91 Å². The molecule has 1 fully saturated rings. The highest BCUT2D eigenvalue weighted by Crippen LogP contribution is 2.36. The number of hydrogen-bond donors (Lipinski definition) is 3. The molecule has 2 amide bonds. The second-order valence-electron chi connectivity index (χ2n) is 7.23. The lowest BCUT2D eigenvalue weighted by Crippen LogP contribution is -2.45. The Kier molecular flexibility index (Phi) is 5.06. The lowest BCUT2D eigenvalue weighted by Gasteiger charge is -2.28. The lowest BCUT2D eigenvalue weighted by molar-refractivity contribution is -0.130. The fourth-order valence-electron chi connectivity index (χ4n) is 3.77. The van der Waals surface area contributed by atoms with Crippen molar-refractivity contribution < 1.29 is 9.59 Å². The van der Waals surface area contributed by atoms with Gasteiger partial charge >= 0.3 is 0 Å². The van der Waals surface area contributed by atoms with Gasteiger partial charge in [-0.2, -0.15) is 0 Å². The fraction of sp³-hybridized carbons (Fsp3) is 0.125. The van der Waals surface area contributed by atoms with Crippen LogP contribution in [-0.4, -0.2) is 22.7 Å². The number of nitrogens with one attached hydrogen (secondary N) is 3. The van der Waals surface area contributed by atoms with Crippen molar-refractivity contribution >= 4 is 23.5 Å². The molecular formula is C24H22N4O2. The molecule has 1 saturated heterocycles. The number of hydrogen-bond acceptors (Lipinski definition) is 3. The zero-order valence-electron chi connectivity index (χ0n) is 16.6. The van der Waals surface area contributed by atoms with E-state index in [2.05, 4.69) is 10.6 Å². The summed E-state index contributed by atoms with van der Waals surface area (Å²) >= 11 is 0. The largest absolute Gasteiger partial charge is 0.334 e. The van der Waals surface area contributed by atoms with Crippen LogP contribution in [0.25, 0.3) is 0 Å². The molecule has 1 aliphatic rings. The fourth-order valence-corrected chi connectivity index (χ4v) is 3.77. The summed E-state index contributed by atoms with van der Waals surface area (Å²) in [7, 11) is 0. The van der Waals surface area contributed by atoms with Gasteiger partial charge < -0.3 is 10.6 Å². The molecule has 30 heavy (non-hydrogen) atoms. The average Bonchev–Trinajstić information content (AvgIpc) is 3.01. The van der Waals surface area contributed by atoms with Crippen LogP contribution in [0.3, 0.4) is 0 Å². The Bertz CT molecular complexity index is 1040. The summed E-state index contributed by atoms with van der Waals surface area (Å²) < 4.78 is 0. The van der Waals surface area contributed by atoms with Gasteiger partial charge in [-0.25, -0.2) is 0 Å². The number of benzene rings is 3. The molecule has 0 bridgehead atoms. The summed E-state index contributed by atoms with van der Waals surface area (Å²) in [6.07, 6.45) is 0. The molecule has 1 heterocycles. The van der Waals surface area contributed by atoms with Gasteiger partial charge in [0, 0.05) is 12.6 Å². The molecule has 0 saturated carbocycles. The van der Waals surface area contributed by atoms with Crippen molar-refractivity contribution in [1.82, 2.24) is 10.2 Å². The van der Waals surface area contributed by atoms with E-state index in [-0.39, 0.29) is 24.3 Å². The smallest absolute Gasteiger partial charge is 0.264 e. The summed E-state index contributed by atoms with van der Waals surface area (Å²) in [6, 6.07) is 26.2. The Hall–Kier alpha value is -3.93. The van der Waals surface area contributed by atoms with Crippen molar-refractivity contribution in [3.8, 4) is 0 Å². The summed E-state index contributed by atoms with van der Waals surface area (Å²) in [5.74, 6) is -0.284. The molecule has 6 heteroatoms. The summed E-state index contributed by atoms with van der Waals surface area (Å²) in [4.78, 5) is 26.4. The van der Waals surface area contributed by atoms with E-state index < -0.39 is 5.54 Å². The Morgan fingerprint density at radius 2 is 1.47 bits per heavy atom. The van der Waals surface area contributed by atoms with Crippen LogP contribution in [0, 0.1) is 5.41 Å². The minimum absolute atomic E-state index is 0.0543. The van der Waals surface area contributed by atoms with E-state index >= 15 is 0 Å². The molecule has 0 aromatic heterocycles. The van der Waals surface area contributed by atoms with Crippen molar-refractivity contribution in [1.29, 1.82) is 5.41 Å². The second kappa shape index (κ2) is 7.83. The number of anilines is 1. The summed E-state index contributed by atoms with van der Waals surface area (Å²) in [6.45, 7) is 1.71. The van der Waals surface area contributed by atoms with Gasteiger partial charge in [0.2, 0.25) is 5.91 Å². The van der Waals surface area contributed by atoms with Crippen molar-refractivity contribution in [2.24, 2.45) is 0 Å². The van der Waals surface area contributed by atoms with E-state index in [1.54, 1.807) is 12.1 Å². The van der Waals surface area contributed by atoms with E-state index in [4.69, 9.17) is 5.41 Å². The minimum atomic E-state index is -1.14. The Labute approximate surface area is 175 Å². The van der Waals surface area contributed by atoms with E-state index in [0.717, 1.165) is 16.7 Å². The first-order chi connectivity index (χ1) is 14.5. The molecule has 6 nitrogen and oxygen atoms in total. The van der Waals surface area contributed by atoms with Crippen LogP contribution in [0.5, 0.6) is 0 Å². The van der Waals surface area contributed by atoms with Crippen LogP contribution in [0.15, 0.2) is 84.9 Å². The maximum absolute atomic E-state index is 13.7. The van der Waals surface area contributed by atoms with Crippen LogP contribution < -0.4 is 10.6 Å². The van der Waals surface area contributed by atoms with Crippen LogP contribution in [-0.2, 0) is 21.7 Å². The van der Waals surface area contributed by atoms with Crippen LogP contribution in [0.4, 0.5) is 5.69 Å². The van der Waals surface area contributed by atoms with Gasteiger partial charge in [-0.1, -0.05) is 72.8 Å². The first-order valence-electron chi connectivity index (χ1n) is 9.67. The standard InChI is InChI=1S/C24H22N4O2/c1-17(29)26-21-14-12-18(13-15-21)16-28-22(30)24(27-23(28)25,19-8-4-2-5-9-19)20-10-6-3-7-11-20/h2-15H,16H2,1H3,(H2,25,27)(H,26,29). The van der Waals surface area contributed by atoms with Gasteiger partial charge in [-0.05, 0) is 28.8 Å². The highest BCUT2D eigenvalue weighted by Gasteiger charge is 2.52. The molecule has 3 N–H and O–H groups in total. The van der Waals surface area contributed by atoms with Crippen molar-refractivity contribution in [2.75, 3.05) is 5.32 Å². The zero-order valence-corrected chi connectivity index (χ0v) is 16.6.